The first-order valence-corrected chi connectivity index (χ1v) is 7.43. The van der Waals surface area contributed by atoms with E-state index in [0.717, 1.165) is 30.8 Å². The number of amides is 1. The summed E-state index contributed by atoms with van der Waals surface area (Å²) in [7, 11) is 0. The number of carboxylic acid groups (broad SMARTS) is 1. The van der Waals surface area contributed by atoms with Crippen molar-refractivity contribution in [2.24, 2.45) is 11.8 Å². The van der Waals surface area contributed by atoms with E-state index in [1.807, 2.05) is 11.8 Å². The lowest BCUT2D eigenvalue weighted by Crippen LogP contribution is -2.40. The van der Waals surface area contributed by atoms with Gasteiger partial charge >= 0.3 is 5.97 Å². The van der Waals surface area contributed by atoms with Gasteiger partial charge in [-0.25, -0.2) is 0 Å². The van der Waals surface area contributed by atoms with Crippen molar-refractivity contribution in [1.82, 2.24) is 5.32 Å². The van der Waals surface area contributed by atoms with E-state index in [1.165, 1.54) is 0 Å². The minimum atomic E-state index is -0.755. The Kier molecular flexibility index (Phi) is 4.31. The summed E-state index contributed by atoms with van der Waals surface area (Å²) in [4.78, 5) is 22.8. The summed E-state index contributed by atoms with van der Waals surface area (Å²) < 4.78 is 0. The maximum atomic E-state index is 12.0. The van der Waals surface area contributed by atoms with Crippen molar-refractivity contribution in [1.29, 1.82) is 0 Å². The van der Waals surface area contributed by atoms with E-state index in [0.29, 0.717) is 18.9 Å². The normalized spacial score (nSPS) is 30.1. The average Bonchev–Trinajstić information content (AvgIpc) is 2.79. The topological polar surface area (TPSA) is 66.4 Å². The van der Waals surface area contributed by atoms with E-state index in [4.69, 9.17) is 5.11 Å². The molecule has 2 N–H and O–H groups in total. The fourth-order valence-electron chi connectivity index (χ4n) is 2.60. The number of rotatable bonds is 3. The molecule has 0 aromatic rings. The summed E-state index contributed by atoms with van der Waals surface area (Å²) in [5.41, 5.74) is 0. The minimum absolute atomic E-state index is 0.0747. The van der Waals surface area contributed by atoms with Crippen molar-refractivity contribution in [3.05, 3.63) is 0 Å². The first-order valence-electron chi connectivity index (χ1n) is 6.27. The molecule has 1 saturated heterocycles. The van der Waals surface area contributed by atoms with Crippen molar-refractivity contribution in [3.8, 4) is 0 Å². The second-order valence-corrected chi connectivity index (χ2v) is 6.17. The molecule has 2 aliphatic rings. The van der Waals surface area contributed by atoms with E-state index in [2.05, 4.69) is 5.32 Å². The molecule has 1 aliphatic heterocycles. The molecule has 1 saturated carbocycles. The maximum Gasteiger partial charge on any atom is 0.306 e. The van der Waals surface area contributed by atoms with Gasteiger partial charge in [-0.3, -0.25) is 9.59 Å². The predicted octanol–water partition coefficient (Wildman–Crippen LogP) is 1.50. The maximum absolute atomic E-state index is 12.0. The lowest BCUT2D eigenvalue weighted by atomic mass is 10.0. The number of carboxylic acids is 1. The van der Waals surface area contributed by atoms with Crippen LogP contribution in [0.5, 0.6) is 0 Å². The number of nitrogens with one attached hydrogen (secondary N) is 1. The van der Waals surface area contributed by atoms with Gasteiger partial charge in [-0.05, 0) is 43.6 Å². The Labute approximate surface area is 106 Å². The molecule has 1 aliphatic carbocycles. The van der Waals surface area contributed by atoms with Crippen LogP contribution in [-0.4, -0.2) is 34.5 Å². The number of hydrogen-bond donors (Lipinski definition) is 2. The fourth-order valence-corrected chi connectivity index (χ4v) is 3.71. The molecule has 1 heterocycles. The van der Waals surface area contributed by atoms with E-state index in [9.17, 15) is 9.59 Å². The summed E-state index contributed by atoms with van der Waals surface area (Å²) in [6.45, 7) is 0. The van der Waals surface area contributed by atoms with Crippen LogP contribution >= 0.6 is 11.8 Å². The van der Waals surface area contributed by atoms with Crippen LogP contribution in [0.15, 0.2) is 0 Å². The van der Waals surface area contributed by atoms with Gasteiger partial charge in [0, 0.05) is 12.0 Å². The quantitative estimate of drug-likeness (QED) is 0.804. The van der Waals surface area contributed by atoms with Crippen molar-refractivity contribution < 1.29 is 14.7 Å². The molecule has 1 amide bonds. The standard InChI is InChI=1S/C12H19NO3S/c14-11(13-10-3-5-17-6-4-10)8-1-2-9(7-8)12(15)16/h8-10H,1-7H2,(H,13,14)(H,15,16)/t8-,9+/m1/s1. The molecule has 2 atom stereocenters. The first-order chi connectivity index (χ1) is 8.16. The minimum Gasteiger partial charge on any atom is -0.481 e. The monoisotopic (exact) mass is 257 g/mol. The Hall–Kier alpha value is -0.710. The molecule has 0 spiro atoms. The lowest BCUT2D eigenvalue weighted by Gasteiger charge is -2.24. The molecule has 4 nitrogen and oxygen atoms in total. The molecular formula is C12H19NO3S. The largest absolute Gasteiger partial charge is 0.481 e. The van der Waals surface area contributed by atoms with Crippen LogP contribution in [0.25, 0.3) is 0 Å². The summed E-state index contributed by atoms with van der Waals surface area (Å²) in [5, 5.41) is 12.0. The Bertz CT molecular complexity index is 302. The third-order valence-electron chi connectivity index (χ3n) is 3.72. The SMILES string of the molecule is O=C(O)[C@H]1CC[C@@H](C(=O)NC2CCSCC2)C1. The molecule has 0 aromatic carbocycles. The van der Waals surface area contributed by atoms with Gasteiger partial charge in [0.2, 0.25) is 5.91 Å². The Morgan fingerprint density at radius 3 is 2.29 bits per heavy atom. The van der Waals surface area contributed by atoms with Gasteiger partial charge < -0.3 is 10.4 Å². The van der Waals surface area contributed by atoms with E-state index in [-0.39, 0.29) is 17.7 Å². The van der Waals surface area contributed by atoms with Crippen LogP contribution in [0.1, 0.15) is 32.1 Å². The Morgan fingerprint density at radius 1 is 1.06 bits per heavy atom. The molecule has 17 heavy (non-hydrogen) atoms. The number of hydrogen-bond acceptors (Lipinski definition) is 3. The average molecular weight is 257 g/mol. The van der Waals surface area contributed by atoms with Crippen LogP contribution in [0.4, 0.5) is 0 Å². The smallest absolute Gasteiger partial charge is 0.306 e. The highest BCUT2D eigenvalue weighted by molar-refractivity contribution is 7.99. The zero-order valence-corrected chi connectivity index (χ0v) is 10.7. The summed E-state index contributed by atoms with van der Waals surface area (Å²) in [5.74, 6) is 1.17. The van der Waals surface area contributed by atoms with Gasteiger partial charge in [-0.1, -0.05) is 0 Å². The molecule has 0 bridgehead atoms. The molecule has 2 rings (SSSR count). The van der Waals surface area contributed by atoms with Crippen LogP contribution in [-0.2, 0) is 9.59 Å². The number of carbonyl (C=O) groups excluding carboxylic acids is 1. The van der Waals surface area contributed by atoms with Crippen LogP contribution in [0, 0.1) is 11.8 Å². The van der Waals surface area contributed by atoms with Crippen molar-refractivity contribution in [3.63, 3.8) is 0 Å². The van der Waals surface area contributed by atoms with Crippen LogP contribution in [0.3, 0.4) is 0 Å². The summed E-state index contributed by atoms with van der Waals surface area (Å²) in [6.07, 6.45) is 3.98. The highest BCUT2D eigenvalue weighted by Gasteiger charge is 2.34. The molecular weight excluding hydrogens is 238 g/mol. The number of thioether (sulfide) groups is 1. The van der Waals surface area contributed by atoms with Crippen LogP contribution < -0.4 is 5.32 Å². The summed E-state index contributed by atoms with van der Waals surface area (Å²) in [6, 6.07) is 0.313. The second-order valence-electron chi connectivity index (χ2n) is 4.94. The Balaban J connectivity index is 1.78. The zero-order valence-electron chi connectivity index (χ0n) is 9.85. The third kappa shape index (κ3) is 3.37. The molecule has 5 heteroatoms. The zero-order chi connectivity index (χ0) is 12.3. The van der Waals surface area contributed by atoms with Gasteiger partial charge in [-0.2, -0.15) is 11.8 Å². The highest BCUT2D eigenvalue weighted by Crippen LogP contribution is 2.31. The van der Waals surface area contributed by atoms with Gasteiger partial charge in [0.1, 0.15) is 0 Å². The molecule has 0 radical (unpaired) electrons. The van der Waals surface area contributed by atoms with E-state index < -0.39 is 5.97 Å². The van der Waals surface area contributed by atoms with Crippen LogP contribution in [0.2, 0.25) is 0 Å². The molecule has 0 unspecified atom stereocenters. The predicted molar refractivity (Wildman–Crippen MR) is 67.0 cm³/mol. The first kappa shape index (κ1) is 12.7. The molecule has 2 fully saturated rings. The van der Waals surface area contributed by atoms with Gasteiger partial charge in [-0.15, -0.1) is 0 Å². The Morgan fingerprint density at radius 2 is 1.71 bits per heavy atom. The number of carbonyl (C=O) groups is 2. The lowest BCUT2D eigenvalue weighted by molar-refractivity contribution is -0.141. The van der Waals surface area contributed by atoms with Gasteiger partial charge in [0.25, 0.3) is 0 Å². The second kappa shape index (κ2) is 5.76. The van der Waals surface area contributed by atoms with Crippen molar-refractivity contribution in [2.75, 3.05) is 11.5 Å². The third-order valence-corrected chi connectivity index (χ3v) is 4.77. The van der Waals surface area contributed by atoms with Crippen molar-refractivity contribution >= 4 is 23.6 Å². The van der Waals surface area contributed by atoms with E-state index in [1.54, 1.807) is 0 Å². The molecule has 96 valence electrons. The van der Waals surface area contributed by atoms with Gasteiger partial charge in [0.05, 0.1) is 5.92 Å². The van der Waals surface area contributed by atoms with Gasteiger partial charge in [0.15, 0.2) is 0 Å². The molecule has 0 aromatic heterocycles. The highest BCUT2D eigenvalue weighted by atomic mass is 32.2. The van der Waals surface area contributed by atoms with Crippen molar-refractivity contribution in [2.45, 2.75) is 38.1 Å². The number of aliphatic carboxylic acids is 1. The van der Waals surface area contributed by atoms with E-state index >= 15 is 0 Å². The summed E-state index contributed by atoms with van der Waals surface area (Å²) >= 11 is 1.93. The fraction of sp³-hybridized carbons (Fsp3) is 0.833.